The van der Waals surface area contributed by atoms with Crippen molar-refractivity contribution in [2.24, 2.45) is 0 Å². The number of hydrogen-bond acceptors (Lipinski definition) is 2. The average molecular weight is 297 g/mol. The molecule has 1 amide bonds. The Morgan fingerprint density at radius 1 is 1.23 bits per heavy atom. The molecule has 0 aromatic heterocycles. The summed E-state index contributed by atoms with van der Waals surface area (Å²) in [5.41, 5.74) is 2.16. The predicted octanol–water partition coefficient (Wildman–Crippen LogP) is 3.41. The van der Waals surface area contributed by atoms with Crippen molar-refractivity contribution in [2.75, 3.05) is 6.54 Å². The number of ether oxygens (including phenoxy) is 1. The lowest BCUT2D eigenvalue weighted by Gasteiger charge is -2.04. The minimum Gasteiger partial charge on any atom is -0.445 e. The molecule has 4 heteroatoms. The fourth-order valence-electron chi connectivity index (χ4n) is 1.76. The maximum atomic E-state index is 13.4. The topological polar surface area (TPSA) is 38.3 Å². The monoisotopic (exact) mass is 297 g/mol. The molecule has 3 nitrogen and oxygen atoms in total. The number of carbonyl (C=O) groups is 1. The Morgan fingerprint density at radius 3 is 2.77 bits per heavy atom. The molecule has 2 rings (SSSR count). The summed E-state index contributed by atoms with van der Waals surface area (Å²) in [4.78, 5) is 11.5. The first kappa shape index (κ1) is 15.6. The van der Waals surface area contributed by atoms with Crippen LogP contribution in [0.15, 0.2) is 48.5 Å². The zero-order valence-corrected chi connectivity index (χ0v) is 12.2. The summed E-state index contributed by atoms with van der Waals surface area (Å²) in [5, 5.41) is 2.50. The molecule has 0 aliphatic carbocycles. The zero-order valence-electron chi connectivity index (χ0n) is 12.2. The summed E-state index contributed by atoms with van der Waals surface area (Å²) in [6.45, 7) is 2.16. The highest BCUT2D eigenvalue weighted by Gasteiger charge is 2.01. The molecule has 0 bridgehead atoms. The molecule has 2 aromatic carbocycles. The first-order valence-electron chi connectivity index (χ1n) is 6.85. The van der Waals surface area contributed by atoms with Crippen LogP contribution in [0.25, 0.3) is 0 Å². The molecule has 0 aliphatic heterocycles. The van der Waals surface area contributed by atoms with Crippen LogP contribution in [-0.4, -0.2) is 12.6 Å². The van der Waals surface area contributed by atoms with Crippen molar-refractivity contribution in [3.8, 4) is 11.8 Å². The number of alkyl carbamates (subject to hydrolysis) is 1. The van der Waals surface area contributed by atoms with E-state index in [4.69, 9.17) is 4.74 Å². The molecule has 1 N–H and O–H groups in total. The molecule has 0 spiro atoms. The maximum absolute atomic E-state index is 13.4. The largest absolute Gasteiger partial charge is 0.445 e. The molecule has 0 atom stereocenters. The van der Waals surface area contributed by atoms with Crippen LogP contribution in [0.1, 0.15) is 16.7 Å². The van der Waals surface area contributed by atoms with Crippen LogP contribution in [0, 0.1) is 24.6 Å². The molecule has 0 fully saturated rings. The van der Waals surface area contributed by atoms with Gasteiger partial charge in [0.2, 0.25) is 0 Å². The smallest absolute Gasteiger partial charge is 0.408 e. The van der Waals surface area contributed by atoms with Gasteiger partial charge in [0.15, 0.2) is 0 Å². The summed E-state index contributed by atoms with van der Waals surface area (Å²) in [6, 6.07) is 14.1. The number of aryl methyl sites for hydroxylation is 1. The van der Waals surface area contributed by atoms with Gasteiger partial charge in [0.05, 0.1) is 12.1 Å². The minimum absolute atomic E-state index is 0.0982. The molecular formula is C18H16FNO2. The van der Waals surface area contributed by atoms with Gasteiger partial charge in [0.1, 0.15) is 12.4 Å². The molecule has 0 aliphatic rings. The maximum Gasteiger partial charge on any atom is 0.408 e. The quantitative estimate of drug-likeness (QED) is 0.882. The normalized spacial score (nSPS) is 9.55. The van der Waals surface area contributed by atoms with Gasteiger partial charge in [0, 0.05) is 0 Å². The van der Waals surface area contributed by atoms with E-state index < -0.39 is 6.09 Å². The fraction of sp³-hybridized carbons (Fsp3) is 0.167. The number of amides is 1. The third-order valence-corrected chi connectivity index (χ3v) is 2.88. The van der Waals surface area contributed by atoms with Crippen LogP contribution >= 0.6 is 0 Å². The summed E-state index contributed by atoms with van der Waals surface area (Å²) in [5.74, 6) is 5.01. The van der Waals surface area contributed by atoms with Gasteiger partial charge in [-0.2, -0.15) is 0 Å². The second-order valence-electron chi connectivity index (χ2n) is 4.70. The van der Waals surface area contributed by atoms with E-state index >= 15 is 0 Å². The highest BCUT2D eigenvalue weighted by molar-refractivity contribution is 5.67. The van der Waals surface area contributed by atoms with Gasteiger partial charge >= 0.3 is 6.09 Å². The zero-order chi connectivity index (χ0) is 15.8. The van der Waals surface area contributed by atoms with Crippen molar-refractivity contribution in [1.82, 2.24) is 5.32 Å². The van der Waals surface area contributed by atoms with E-state index in [1.54, 1.807) is 12.1 Å². The van der Waals surface area contributed by atoms with Crippen molar-refractivity contribution < 1.29 is 13.9 Å². The lowest BCUT2D eigenvalue weighted by Crippen LogP contribution is -2.24. The number of hydrogen-bond donors (Lipinski definition) is 1. The molecule has 0 saturated heterocycles. The van der Waals surface area contributed by atoms with Gasteiger partial charge in [0.25, 0.3) is 0 Å². The van der Waals surface area contributed by atoms with E-state index in [0.717, 1.165) is 11.1 Å². The lowest BCUT2D eigenvalue weighted by atomic mass is 10.1. The highest BCUT2D eigenvalue weighted by atomic mass is 19.1. The molecular weight excluding hydrogens is 281 g/mol. The highest BCUT2D eigenvalue weighted by Crippen LogP contribution is 2.08. The van der Waals surface area contributed by atoms with E-state index in [-0.39, 0.29) is 19.0 Å². The van der Waals surface area contributed by atoms with E-state index in [9.17, 15) is 9.18 Å². The van der Waals surface area contributed by atoms with Gasteiger partial charge in [-0.25, -0.2) is 9.18 Å². The van der Waals surface area contributed by atoms with E-state index in [0.29, 0.717) is 5.56 Å². The van der Waals surface area contributed by atoms with Crippen LogP contribution in [0.2, 0.25) is 0 Å². The van der Waals surface area contributed by atoms with E-state index in [1.807, 2.05) is 37.3 Å². The van der Waals surface area contributed by atoms with Gasteiger partial charge < -0.3 is 10.1 Å². The minimum atomic E-state index is -0.553. The Labute approximate surface area is 129 Å². The summed E-state index contributed by atoms with van der Waals surface area (Å²) < 4.78 is 18.5. The summed E-state index contributed by atoms with van der Waals surface area (Å²) in [6.07, 6.45) is -0.553. The second kappa shape index (κ2) is 7.84. The average Bonchev–Trinajstić information content (AvgIpc) is 2.53. The van der Waals surface area contributed by atoms with Crippen LogP contribution in [0.3, 0.4) is 0 Å². The Kier molecular flexibility index (Phi) is 5.56. The van der Waals surface area contributed by atoms with Crippen molar-refractivity contribution in [2.45, 2.75) is 13.5 Å². The van der Waals surface area contributed by atoms with Crippen molar-refractivity contribution in [1.29, 1.82) is 0 Å². The van der Waals surface area contributed by atoms with Gasteiger partial charge in [-0.05, 0) is 30.2 Å². The second-order valence-corrected chi connectivity index (χ2v) is 4.70. The number of rotatable bonds is 3. The number of carbonyl (C=O) groups excluding carboxylic acids is 1. The van der Waals surface area contributed by atoms with Gasteiger partial charge in [-0.15, -0.1) is 0 Å². The SMILES string of the molecule is Cc1ccc(F)c(C#CCNC(=O)OCc2ccccc2)c1. The van der Waals surface area contributed by atoms with Crippen LogP contribution in [-0.2, 0) is 11.3 Å². The number of benzene rings is 2. The first-order chi connectivity index (χ1) is 10.6. The molecule has 0 saturated carbocycles. The van der Waals surface area contributed by atoms with Crippen LogP contribution < -0.4 is 5.32 Å². The van der Waals surface area contributed by atoms with E-state index in [2.05, 4.69) is 17.2 Å². The predicted molar refractivity (Wildman–Crippen MR) is 82.6 cm³/mol. The molecule has 0 unspecified atom stereocenters. The van der Waals surface area contributed by atoms with Crippen molar-refractivity contribution >= 4 is 6.09 Å². The fourth-order valence-corrected chi connectivity index (χ4v) is 1.76. The first-order valence-corrected chi connectivity index (χ1v) is 6.85. The summed E-state index contributed by atoms with van der Waals surface area (Å²) >= 11 is 0. The van der Waals surface area contributed by atoms with Crippen molar-refractivity contribution in [3.05, 3.63) is 71.0 Å². The Hall–Kier alpha value is -2.80. The van der Waals surface area contributed by atoms with Gasteiger partial charge in [-0.3, -0.25) is 0 Å². The Morgan fingerprint density at radius 2 is 2.00 bits per heavy atom. The third-order valence-electron chi connectivity index (χ3n) is 2.88. The molecule has 0 radical (unpaired) electrons. The molecule has 2 aromatic rings. The molecule has 22 heavy (non-hydrogen) atoms. The van der Waals surface area contributed by atoms with Gasteiger partial charge in [-0.1, -0.05) is 48.2 Å². The van der Waals surface area contributed by atoms with E-state index in [1.165, 1.54) is 6.07 Å². The molecule has 112 valence electrons. The number of nitrogens with one attached hydrogen (secondary N) is 1. The van der Waals surface area contributed by atoms with Crippen molar-refractivity contribution in [3.63, 3.8) is 0 Å². The van der Waals surface area contributed by atoms with Crippen LogP contribution in [0.4, 0.5) is 9.18 Å². The summed E-state index contributed by atoms with van der Waals surface area (Å²) in [7, 11) is 0. The van der Waals surface area contributed by atoms with Crippen LogP contribution in [0.5, 0.6) is 0 Å². The Balaban J connectivity index is 1.78. The third kappa shape index (κ3) is 4.95. The standard InChI is InChI=1S/C18H16FNO2/c1-14-9-10-17(19)16(12-14)8-5-11-20-18(21)22-13-15-6-3-2-4-7-15/h2-4,6-7,9-10,12H,11,13H2,1H3,(H,20,21). The lowest BCUT2D eigenvalue weighted by molar-refractivity contribution is 0.141. The number of halogens is 1. The Bertz CT molecular complexity index is 702. The molecule has 0 heterocycles.